The normalized spacial score (nSPS) is 10.7. The summed E-state index contributed by atoms with van der Waals surface area (Å²) in [7, 11) is 0. The highest BCUT2D eigenvalue weighted by atomic mass is 16.1. The van der Waals surface area contributed by atoms with E-state index in [4.69, 9.17) is 0 Å². The van der Waals surface area contributed by atoms with Crippen LogP contribution in [0.2, 0.25) is 0 Å². The second-order valence-electron chi connectivity index (χ2n) is 4.34. The van der Waals surface area contributed by atoms with Gasteiger partial charge in [-0.1, -0.05) is 29.8 Å². The van der Waals surface area contributed by atoms with Crippen molar-refractivity contribution in [3.63, 3.8) is 0 Å². The Morgan fingerprint density at radius 1 is 1.11 bits per heavy atom. The zero-order chi connectivity index (χ0) is 12.5. The first-order valence-electron chi connectivity index (χ1n) is 5.78. The van der Waals surface area contributed by atoms with Gasteiger partial charge in [0.25, 0.3) is 5.56 Å². The fourth-order valence-corrected chi connectivity index (χ4v) is 1.99. The minimum atomic E-state index is -0.101. The van der Waals surface area contributed by atoms with Crippen LogP contribution in [-0.2, 0) is 0 Å². The Balaban J connectivity index is 2.24. The zero-order valence-corrected chi connectivity index (χ0v) is 9.97. The molecule has 88 valence electrons. The molecule has 0 aliphatic carbocycles. The Bertz CT molecular complexity index is 757. The van der Waals surface area contributed by atoms with E-state index in [0.717, 1.165) is 16.6 Å². The maximum atomic E-state index is 11.9. The van der Waals surface area contributed by atoms with Crippen LogP contribution in [0.15, 0.2) is 53.6 Å². The van der Waals surface area contributed by atoms with Crippen molar-refractivity contribution < 1.29 is 0 Å². The molecule has 0 atom stereocenters. The highest BCUT2D eigenvalue weighted by molar-refractivity contribution is 5.84. The largest absolute Gasteiger partial charge is 0.321 e. The van der Waals surface area contributed by atoms with Crippen LogP contribution in [0, 0.1) is 6.92 Å². The van der Waals surface area contributed by atoms with Crippen molar-refractivity contribution in [3.8, 4) is 11.3 Å². The number of rotatable bonds is 1. The summed E-state index contributed by atoms with van der Waals surface area (Å²) in [6.45, 7) is 2.04. The number of benzene rings is 1. The molecule has 0 spiro atoms. The number of hydrogen-bond donors (Lipinski definition) is 1. The van der Waals surface area contributed by atoms with Gasteiger partial charge < -0.3 is 4.98 Å². The van der Waals surface area contributed by atoms with Crippen LogP contribution in [0.25, 0.3) is 22.0 Å². The monoisotopic (exact) mass is 236 g/mol. The molecule has 3 aromatic rings. The average Bonchev–Trinajstić information content (AvgIpc) is 2.39. The van der Waals surface area contributed by atoms with Gasteiger partial charge in [0.1, 0.15) is 0 Å². The molecular formula is C15H12N2O. The molecule has 0 aliphatic rings. The topological polar surface area (TPSA) is 45.8 Å². The van der Waals surface area contributed by atoms with Crippen LogP contribution in [0.4, 0.5) is 0 Å². The lowest BCUT2D eigenvalue weighted by atomic mass is 10.1. The van der Waals surface area contributed by atoms with Gasteiger partial charge in [-0.3, -0.25) is 9.78 Å². The smallest absolute Gasteiger partial charge is 0.257 e. The second kappa shape index (κ2) is 4.11. The van der Waals surface area contributed by atoms with E-state index in [1.54, 1.807) is 12.4 Å². The molecule has 3 rings (SSSR count). The molecule has 0 unspecified atom stereocenters. The quantitative estimate of drug-likeness (QED) is 0.706. The van der Waals surface area contributed by atoms with E-state index >= 15 is 0 Å². The van der Waals surface area contributed by atoms with Crippen LogP contribution < -0.4 is 5.56 Å². The summed E-state index contributed by atoms with van der Waals surface area (Å²) in [5, 5.41) is 1.53. The van der Waals surface area contributed by atoms with Crippen molar-refractivity contribution in [2.45, 2.75) is 6.92 Å². The van der Waals surface area contributed by atoms with Crippen molar-refractivity contribution in [2.24, 2.45) is 0 Å². The van der Waals surface area contributed by atoms with E-state index in [0.29, 0.717) is 5.39 Å². The number of H-pyrrole nitrogens is 1. The van der Waals surface area contributed by atoms with E-state index in [2.05, 4.69) is 9.97 Å². The minimum absolute atomic E-state index is 0.101. The van der Waals surface area contributed by atoms with Crippen molar-refractivity contribution in [1.82, 2.24) is 9.97 Å². The van der Waals surface area contributed by atoms with Gasteiger partial charge in [0.15, 0.2) is 0 Å². The Hall–Kier alpha value is -2.42. The maximum absolute atomic E-state index is 11.9. The number of fused-ring (bicyclic) bond motifs is 1. The molecule has 18 heavy (non-hydrogen) atoms. The molecule has 0 aliphatic heterocycles. The molecule has 0 amide bonds. The molecule has 1 N–H and O–H groups in total. The predicted octanol–water partition coefficient (Wildman–Crippen LogP) is 2.90. The maximum Gasteiger partial charge on any atom is 0.257 e. The lowest BCUT2D eigenvalue weighted by molar-refractivity contribution is 1.25. The highest BCUT2D eigenvalue weighted by Crippen LogP contribution is 2.19. The fraction of sp³-hybridized carbons (Fsp3) is 0.0667. The summed E-state index contributed by atoms with van der Waals surface area (Å²) >= 11 is 0. The van der Waals surface area contributed by atoms with Crippen LogP contribution >= 0.6 is 0 Å². The van der Waals surface area contributed by atoms with Crippen LogP contribution in [-0.4, -0.2) is 9.97 Å². The van der Waals surface area contributed by atoms with Gasteiger partial charge in [-0.25, -0.2) is 0 Å². The van der Waals surface area contributed by atoms with Crippen molar-refractivity contribution in [1.29, 1.82) is 0 Å². The zero-order valence-electron chi connectivity index (χ0n) is 9.97. The van der Waals surface area contributed by atoms with Gasteiger partial charge in [0.2, 0.25) is 0 Å². The lowest BCUT2D eigenvalue weighted by Gasteiger charge is -2.04. The predicted molar refractivity (Wildman–Crippen MR) is 72.5 cm³/mol. The van der Waals surface area contributed by atoms with E-state index in [9.17, 15) is 4.79 Å². The summed E-state index contributed by atoms with van der Waals surface area (Å²) in [4.78, 5) is 18.8. The molecule has 0 radical (unpaired) electrons. The second-order valence-corrected chi connectivity index (χ2v) is 4.34. The van der Waals surface area contributed by atoms with E-state index in [-0.39, 0.29) is 5.56 Å². The Morgan fingerprint density at radius 3 is 2.67 bits per heavy atom. The highest BCUT2D eigenvalue weighted by Gasteiger charge is 2.03. The van der Waals surface area contributed by atoms with Gasteiger partial charge in [0, 0.05) is 18.1 Å². The first-order chi connectivity index (χ1) is 8.74. The van der Waals surface area contributed by atoms with E-state index in [1.165, 1.54) is 5.56 Å². The third-order valence-electron chi connectivity index (χ3n) is 3.01. The van der Waals surface area contributed by atoms with Crippen LogP contribution in [0.5, 0.6) is 0 Å². The van der Waals surface area contributed by atoms with Crippen LogP contribution in [0.1, 0.15) is 5.56 Å². The molecule has 0 bridgehead atoms. The van der Waals surface area contributed by atoms with Crippen molar-refractivity contribution >= 4 is 10.8 Å². The summed E-state index contributed by atoms with van der Waals surface area (Å²) < 4.78 is 0. The number of aryl methyl sites for hydroxylation is 1. The van der Waals surface area contributed by atoms with E-state index in [1.807, 2.05) is 43.3 Å². The van der Waals surface area contributed by atoms with Crippen molar-refractivity contribution in [3.05, 3.63) is 64.7 Å². The number of nitrogens with one attached hydrogen (secondary N) is 1. The Labute approximate surface area is 104 Å². The molecule has 0 fully saturated rings. The minimum Gasteiger partial charge on any atom is -0.321 e. The molecule has 1 aromatic carbocycles. The lowest BCUT2D eigenvalue weighted by Crippen LogP contribution is -2.07. The number of nitrogens with zero attached hydrogens (tertiary/aromatic N) is 1. The number of hydrogen-bond acceptors (Lipinski definition) is 2. The molecule has 3 nitrogen and oxygen atoms in total. The number of aromatic nitrogens is 2. The SMILES string of the molecule is Cc1ccc(-c2cc3ccncc3c(=O)[nH]2)cc1. The Morgan fingerprint density at radius 2 is 1.89 bits per heavy atom. The van der Waals surface area contributed by atoms with Gasteiger partial charge in [-0.15, -0.1) is 0 Å². The van der Waals surface area contributed by atoms with Crippen LogP contribution in [0.3, 0.4) is 0 Å². The van der Waals surface area contributed by atoms with Gasteiger partial charge >= 0.3 is 0 Å². The van der Waals surface area contributed by atoms with Gasteiger partial charge in [0.05, 0.1) is 5.39 Å². The third kappa shape index (κ3) is 1.80. The standard InChI is InChI=1S/C15H12N2O/c1-10-2-4-11(5-3-10)14-8-12-6-7-16-9-13(12)15(18)17-14/h2-9H,1H3,(H,17,18). The Kier molecular flexibility index (Phi) is 2.45. The first-order valence-corrected chi connectivity index (χ1v) is 5.78. The number of pyridine rings is 2. The molecule has 3 heteroatoms. The third-order valence-corrected chi connectivity index (χ3v) is 3.01. The van der Waals surface area contributed by atoms with Gasteiger partial charge in [-0.05, 0) is 30.0 Å². The first kappa shape index (κ1) is 10.7. The fourth-order valence-electron chi connectivity index (χ4n) is 1.99. The van der Waals surface area contributed by atoms with Gasteiger partial charge in [-0.2, -0.15) is 0 Å². The molecule has 2 heterocycles. The molecular weight excluding hydrogens is 224 g/mol. The molecule has 0 saturated heterocycles. The number of aromatic amines is 1. The molecule has 2 aromatic heterocycles. The van der Waals surface area contributed by atoms with Crippen molar-refractivity contribution in [2.75, 3.05) is 0 Å². The summed E-state index contributed by atoms with van der Waals surface area (Å²) in [5.74, 6) is 0. The average molecular weight is 236 g/mol. The summed E-state index contributed by atoms with van der Waals surface area (Å²) in [5.41, 5.74) is 2.94. The van der Waals surface area contributed by atoms with E-state index < -0.39 is 0 Å². The molecule has 0 saturated carbocycles. The summed E-state index contributed by atoms with van der Waals surface area (Å²) in [6, 6.07) is 11.9. The summed E-state index contributed by atoms with van der Waals surface area (Å²) in [6.07, 6.45) is 3.29.